The number of carbonyl (C=O) groups is 1. The third kappa shape index (κ3) is 2.91. The number of fused-ring (bicyclic) bond motifs is 2. The number of allylic oxidation sites excluding steroid dienone is 3. The summed E-state index contributed by atoms with van der Waals surface area (Å²) in [6.07, 6.45) is 2.20. The van der Waals surface area contributed by atoms with Gasteiger partial charge in [-0.1, -0.05) is 6.92 Å². The molecule has 1 aliphatic carbocycles. The molecule has 4 rings (SSSR count). The summed E-state index contributed by atoms with van der Waals surface area (Å²) >= 11 is 1.07. The number of aromatic nitrogens is 2. The Hall–Kier alpha value is -3.75. The van der Waals surface area contributed by atoms with Crippen LogP contribution in [0.4, 0.5) is 8.78 Å². The molecule has 0 amide bonds. The van der Waals surface area contributed by atoms with Crippen LogP contribution in [-0.2, 0) is 6.42 Å². The maximum Gasteiger partial charge on any atom is 0.194 e. The van der Waals surface area contributed by atoms with Crippen LogP contribution in [0, 0.1) is 34.3 Å². The largest absolute Gasteiger partial charge is 0.289 e. The van der Waals surface area contributed by atoms with Crippen molar-refractivity contribution in [1.82, 2.24) is 8.75 Å². The first-order valence-corrected chi connectivity index (χ1v) is 9.27. The first-order valence-electron chi connectivity index (χ1n) is 8.54. The Labute approximate surface area is 168 Å². The van der Waals surface area contributed by atoms with E-state index >= 15 is 0 Å². The zero-order chi connectivity index (χ0) is 20.7. The molecule has 8 heteroatoms. The minimum absolute atomic E-state index is 0.00319. The Morgan fingerprint density at radius 1 is 1.10 bits per heavy atom. The van der Waals surface area contributed by atoms with Crippen molar-refractivity contribution in [2.45, 2.75) is 13.3 Å². The van der Waals surface area contributed by atoms with E-state index < -0.39 is 17.4 Å². The van der Waals surface area contributed by atoms with Crippen molar-refractivity contribution in [2.75, 3.05) is 0 Å². The van der Waals surface area contributed by atoms with Gasteiger partial charge in [0.25, 0.3) is 0 Å². The van der Waals surface area contributed by atoms with Crippen LogP contribution >= 0.6 is 11.7 Å². The summed E-state index contributed by atoms with van der Waals surface area (Å²) in [6.45, 7) is 1.96. The van der Waals surface area contributed by atoms with Gasteiger partial charge >= 0.3 is 0 Å². The van der Waals surface area contributed by atoms with Gasteiger partial charge in [-0.05, 0) is 53.5 Å². The summed E-state index contributed by atoms with van der Waals surface area (Å²) < 4.78 is 36.0. The molecule has 140 valence electrons. The van der Waals surface area contributed by atoms with E-state index in [0.29, 0.717) is 17.5 Å². The maximum atomic E-state index is 13.8. The summed E-state index contributed by atoms with van der Waals surface area (Å²) in [5.41, 5.74) is 2.62. The van der Waals surface area contributed by atoms with Crippen LogP contribution in [0.2, 0.25) is 0 Å². The highest BCUT2D eigenvalue weighted by Gasteiger charge is 2.34. The van der Waals surface area contributed by atoms with Crippen LogP contribution < -0.4 is 0 Å². The molecule has 0 aliphatic heterocycles. The monoisotopic (exact) mass is 404 g/mol. The highest BCUT2D eigenvalue weighted by Crippen LogP contribution is 2.41. The van der Waals surface area contributed by atoms with Crippen molar-refractivity contribution < 1.29 is 13.6 Å². The fraction of sp³-hybridized carbons (Fsp3) is 0.0952. The number of Topliss-reactive ketones (excluding diaryl/α,β-unsaturated/α-hetero) is 1. The van der Waals surface area contributed by atoms with Crippen LogP contribution in [0.3, 0.4) is 0 Å². The quantitative estimate of drug-likeness (QED) is 0.459. The normalized spacial score (nSPS) is 14.2. The standard InChI is InChI=1S/C21H10F2N4OS/c1-2-11-3-10(5-18-20(11)27-29-26-18)4-15-19(12(8-24)9-25)13-6-16(22)17(23)7-14(13)21(15)28/h3-7H,2H2,1H3/b15-4-. The van der Waals surface area contributed by atoms with E-state index in [-0.39, 0.29) is 27.8 Å². The van der Waals surface area contributed by atoms with Gasteiger partial charge in [-0.15, -0.1) is 0 Å². The zero-order valence-electron chi connectivity index (χ0n) is 15.0. The molecule has 0 spiro atoms. The fourth-order valence-electron chi connectivity index (χ4n) is 3.39. The van der Waals surface area contributed by atoms with Crippen molar-refractivity contribution in [3.63, 3.8) is 0 Å². The molecular formula is C21H10F2N4OS. The molecule has 5 nitrogen and oxygen atoms in total. The van der Waals surface area contributed by atoms with E-state index in [1.165, 1.54) is 6.08 Å². The summed E-state index contributed by atoms with van der Waals surface area (Å²) in [5.74, 6) is -2.91. The predicted molar refractivity (Wildman–Crippen MR) is 104 cm³/mol. The zero-order valence-corrected chi connectivity index (χ0v) is 15.8. The number of ketones is 1. The van der Waals surface area contributed by atoms with E-state index in [1.807, 2.05) is 13.0 Å². The van der Waals surface area contributed by atoms with Gasteiger partial charge in [0.1, 0.15) is 28.7 Å². The van der Waals surface area contributed by atoms with Crippen LogP contribution in [0.1, 0.15) is 34.0 Å². The van der Waals surface area contributed by atoms with Crippen molar-refractivity contribution in [2.24, 2.45) is 0 Å². The Morgan fingerprint density at radius 2 is 1.79 bits per heavy atom. The van der Waals surface area contributed by atoms with Gasteiger partial charge in [0.2, 0.25) is 0 Å². The Bertz CT molecular complexity index is 1340. The number of benzene rings is 2. The maximum absolute atomic E-state index is 13.8. The van der Waals surface area contributed by atoms with Gasteiger partial charge in [0.15, 0.2) is 17.4 Å². The Kier molecular flexibility index (Phi) is 4.50. The van der Waals surface area contributed by atoms with E-state index in [4.69, 9.17) is 0 Å². The first-order chi connectivity index (χ1) is 14.0. The molecule has 0 fully saturated rings. The van der Waals surface area contributed by atoms with Gasteiger partial charge in [-0.3, -0.25) is 4.79 Å². The third-order valence-corrected chi connectivity index (χ3v) is 5.26. The molecule has 0 unspecified atom stereocenters. The lowest BCUT2D eigenvalue weighted by atomic mass is 9.97. The van der Waals surface area contributed by atoms with Gasteiger partial charge in [-0.25, -0.2) is 8.78 Å². The van der Waals surface area contributed by atoms with Crippen LogP contribution in [0.15, 0.2) is 35.4 Å². The summed E-state index contributed by atoms with van der Waals surface area (Å²) in [5, 5.41) is 18.7. The van der Waals surface area contributed by atoms with Crippen LogP contribution in [-0.4, -0.2) is 14.5 Å². The number of rotatable bonds is 2. The van der Waals surface area contributed by atoms with Gasteiger partial charge < -0.3 is 0 Å². The molecule has 0 saturated carbocycles. The Balaban J connectivity index is 2.00. The molecule has 1 aromatic heterocycles. The SMILES string of the molecule is CCc1cc(/C=C2\C(=O)c3cc(F)c(F)cc3C2=C(C#N)C#N)cc2nsnc12. The Morgan fingerprint density at radius 3 is 2.45 bits per heavy atom. The van der Waals surface area contributed by atoms with E-state index in [2.05, 4.69) is 8.75 Å². The van der Waals surface area contributed by atoms with Crippen molar-refractivity contribution >= 4 is 40.2 Å². The molecule has 2 aromatic carbocycles. The third-order valence-electron chi connectivity index (χ3n) is 4.72. The molecule has 0 atom stereocenters. The van der Waals surface area contributed by atoms with Crippen LogP contribution in [0.25, 0.3) is 22.7 Å². The number of hydrogen-bond donors (Lipinski definition) is 0. The number of aryl methyl sites for hydroxylation is 1. The number of hydrogen-bond acceptors (Lipinski definition) is 6. The molecule has 0 radical (unpaired) electrons. The smallest absolute Gasteiger partial charge is 0.194 e. The van der Waals surface area contributed by atoms with Crippen molar-refractivity contribution in [3.8, 4) is 12.1 Å². The van der Waals surface area contributed by atoms with Gasteiger partial charge in [0.05, 0.1) is 11.7 Å². The lowest BCUT2D eigenvalue weighted by Gasteiger charge is -2.04. The molecule has 1 aliphatic rings. The predicted octanol–water partition coefficient (Wildman–Crippen LogP) is 4.61. The van der Waals surface area contributed by atoms with Crippen molar-refractivity contribution in [1.29, 1.82) is 10.5 Å². The summed E-state index contributed by atoms with van der Waals surface area (Å²) in [7, 11) is 0. The second kappa shape index (κ2) is 7.01. The summed E-state index contributed by atoms with van der Waals surface area (Å²) in [6, 6.07) is 8.70. The number of carbonyl (C=O) groups excluding carboxylic acids is 1. The highest BCUT2D eigenvalue weighted by atomic mass is 32.1. The lowest BCUT2D eigenvalue weighted by Crippen LogP contribution is -1.97. The fourth-order valence-corrected chi connectivity index (χ4v) is 3.95. The molecule has 0 N–H and O–H groups in total. The molecule has 29 heavy (non-hydrogen) atoms. The van der Waals surface area contributed by atoms with E-state index in [1.54, 1.807) is 18.2 Å². The molecule has 1 heterocycles. The van der Waals surface area contributed by atoms with Crippen LogP contribution in [0.5, 0.6) is 0 Å². The minimum Gasteiger partial charge on any atom is -0.289 e. The number of nitriles is 2. The van der Waals surface area contributed by atoms with E-state index in [9.17, 15) is 24.1 Å². The first kappa shape index (κ1) is 18.6. The number of halogens is 2. The van der Waals surface area contributed by atoms with Crippen molar-refractivity contribution in [3.05, 3.63) is 69.3 Å². The number of nitrogens with zero attached hydrogens (tertiary/aromatic N) is 4. The topological polar surface area (TPSA) is 90.4 Å². The second-order valence-electron chi connectivity index (χ2n) is 6.34. The minimum atomic E-state index is -1.17. The highest BCUT2D eigenvalue weighted by molar-refractivity contribution is 7.00. The average Bonchev–Trinajstić information content (AvgIpc) is 3.28. The molecule has 0 saturated heterocycles. The summed E-state index contributed by atoms with van der Waals surface area (Å²) in [4.78, 5) is 12.9. The molecule has 0 bridgehead atoms. The van der Waals surface area contributed by atoms with Gasteiger partial charge in [0, 0.05) is 16.7 Å². The van der Waals surface area contributed by atoms with E-state index in [0.717, 1.165) is 34.9 Å². The molecular weight excluding hydrogens is 394 g/mol. The molecule has 3 aromatic rings. The average molecular weight is 404 g/mol. The second-order valence-corrected chi connectivity index (χ2v) is 6.87. The lowest BCUT2D eigenvalue weighted by molar-refractivity contribution is 0.104. The van der Waals surface area contributed by atoms with Gasteiger partial charge in [-0.2, -0.15) is 19.3 Å².